The predicted molar refractivity (Wildman–Crippen MR) is 110 cm³/mol. The van der Waals surface area contributed by atoms with E-state index in [9.17, 15) is 0 Å². The Hall–Kier alpha value is -0.870. The molecule has 0 aliphatic carbocycles. The van der Waals surface area contributed by atoms with E-state index in [1.54, 1.807) is 7.05 Å². The molecule has 1 fully saturated rings. The molecule has 6 nitrogen and oxygen atoms in total. The Morgan fingerprint density at radius 3 is 2.79 bits per heavy atom. The Bertz CT molecular complexity index is 553. The number of hydrogen-bond acceptors (Lipinski definition) is 5. The summed E-state index contributed by atoms with van der Waals surface area (Å²) in [7, 11) is 1.80. The molecule has 8 heteroatoms. The molecule has 2 aliphatic rings. The third kappa shape index (κ3) is 5.59. The van der Waals surface area contributed by atoms with Crippen molar-refractivity contribution in [3.63, 3.8) is 0 Å². The average Bonchev–Trinajstić information content (AvgIpc) is 3.06. The van der Waals surface area contributed by atoms with Crippen LogP contribution in [-0.4, -0.2) is 62.4 Å². The van der Waals surface area contributed by atoms with Crippen molar-refractivity contribution in [2.75, 3.05) is 51.5 Å². The van der Waals surface area contributed by atoms with Gasteiger partial charge in [-0.05, 0) is 17.7 Å². The van der Waals surface area contributed by atoms with E-state index in [4.69, 9.17) is 9.47 Å². The molecule has 3 rings (SSSR count). The third-order valence-electron chi connectivity index (χ3n) is 3.94. The molecule has 0 spiro atoms. The Morgan fingerprint density at radius 1 is 1.21 bits per heavy atom. The molecule has 1 saturated heterocycles. The third-order valence-corrected chi connectivity index (χ3v) is 4.89. The van der Waals surface area contributed by atoms with E-state index in [-0.39, 0.29) is 24.0 Å². The van der Waals surface area contributed by atoms with Crippen molar-refractivity contribution >= 4 is 41.7 Å². The van der Waals surface area contributed by atoms with Crippen molar-refractivity contribution < 1.29 is 9.47 Å². The van der Waals surface area contributed by atoms with Gasteiger partial charge in [-0.1, -0.05) is 6.07 Å². The smallest absolute Gasteiger partial charge is 0.231 e. The zero-order valence-electron chi connectivity index (χ0n) is 13.9. The zero-order chi connectivity index (χ0) is 15.9. The number of aliphatic imine (C=N–C) groups is 1. The normalized spacial score (nSPS) is 17.3. The highest BCUT2D eigenvalue weighted by molar-refractivity contribution is 14.0. The van der Waals surface area contributed by atoms with Gasteiger partial charge in [-0.25, -0.2) is 0 Å². The molecule has 2 heterocycles. The molecule has 0 amide bonds. The maximum absolute atomic E-state index is 5.40. The molecule has 0 unspecified atom stereocenters. The molecule has 2 aliphatic heterocycles. The number of guanidine groups is 1. The summed E-state index contributed by atoms with van der Waals surface area (Å²) >= 11 is 2.04. The van der Waals surface area contributed by atoms with Crippen LogP contribution in [0, 0.1) is 0 Å². The molecule has 0 saturated carbocycles. The number of thioether (sulfide) groups is 1. The van der Waals surface area contributed by atoms with Gasteiger partial charge in [-0.15, -0.1) is 24.0 Å². The lowest BCUT2D eigenvalue weighted by Crippen LogP contribution is -2.43. The Kier molecular flexibility index (Phi) is 8.26. The van der Waals surface area contributed by atoms with Crippen LogP contribution in [-0.2, 0) is 6.54 Å². The molecular formula is C16H25IN4O2S. The van der Waals surface area contributed by atoms with Gasteiger partial charge in [0, 0.05) is 51.3 Å². The molecule has 1 aromatic carbocycles. The van der Waals surface area contributed by atoms with Crippen molar-refractivity contribution in [2.24, 2.45) is 4.99 Å². The molecule has 0 bridgehead atoms. The molecular weight excluding hydrogens is 439 g/mol. The van der Waals surface area contributed by atoms with Crippen LogP contribution < -0.4 is 20.1 Å². The highest BCUT2D eigenvalue weighted by Gasteiger charge is 2.13. The van der Waals surface area contributed by atoms with E-state index in [0.29, 0.717) is 13.3 Å². The number of fused-ring (bicyclic) bond motifs is 1. The summed E-state index contributed by atoms with van der Waals surface area (Å²) in [5, 5.41) is 6.71. The van der Waals surface area contributed by atoms with Gasteiger partial charge in [0.2, 0.25) is 6.79 Å². The van der Waals surface area contributed by atoms with Crippen LogP contribution in [0.25, 0.3) is 0 Å². The average molecular weight is 464 g/mol. The van der Waals surface area contributed by atoms with E-state index in [1.165, 1.54) is 24.6 Å². The van der Waals surface area contributed by atoms with E-state index < -0.39 is 0 Å². The second-order valence-electron chi connectivity index (χ2n) is 5.49. The fourth-order valence-corrected chi connectivity index (χ4v) is 3.59. The first kappa shape index (κ1) is 19.5. The van der Waals surface area contributed by atoms with Crippen LogP contribution in [0.4, 0.5) is 0 Å². The fourth-order valence-electron chi connectivity index (χ4n) is 2.61. The number of ether oxygens (including phenoxy) is 2. The highest BCUT2D eigenvalue weighted by atomic mass is 127. The van der Waals surface area contributed by atoms with Crippen LogP contribution in [0.15, 0.2) is 23.2 Å². The first-order valence-electron chi connectivity index (χ1n) is 7.98. The van der Waals surface area contributed by atoms with E-state index in [0.717, 1.165) is 36.1 Å². The second kappa shape index (κ2) is 10.2. The minimum Gasteiger partial charge on any atom is -0.454 e. The maximum Gasteiger partial charge on any atom is 0.231 e. The molecule has 0 atom stereocenters. The predicted octanol–water partition coefficient (Wildman–Crippen LogP) is 1.75. The lowest BCUT2D eigenvalue weighted by Gasteiger charge is -2.26. The first-order valence-corrected chi connectivity index (χ1v) is 9.14. The lowest BCUT2D eigenvalue weighted by atomic mass is 10.2. The quantitative estimate of drug-likeness (QED) is 0.394. The summed E-state index contributed by atoms with van der Waals surface area (Å²) in [6.45, 7) is 5.36. The SMILES string of the molecule is CN=C(NCCN1CCSCC1)NCc1ccc2c(c1)OCO2.I. The van der Waals surface area contributed by atoms with Crippen LogP contribution in [0.5, 0.6) is 11.5 Å². The monoisotopic (exact) mass is 464 g/mol. The number of hydrogen-bond donors (Lipinski definition) is 2. The molecule has 0 aromatic heterocycles. The van der Waals surface area contributed by atoms with Gasteiger partial charge in [0.15, 0.2) is 17.5 Å². The second-order valence-corrected chi connectivity index (χ2v) is 6.72. The number of rotatable bonds is 5. The van der Waals surface area contributed by atoms with Crippen LogP contribution in [0.1, 0.15) is 5.56 Å². The summed E-state index contributed by atoms with van der Waals surface area (Å²) < 4.78 is 10.7. The van der Waals surface area contributed by atoms with E-state index in [2.05, 4.69) is 20.5 Å². The zero-order valence-corrected chi connectivity index (χ0v) is 17.1. The fraction of sp³-hybridized carbons (Fsp3) is 0.562. The van der Waals surface area contributed by atoms with Crippen molar-refractivity contribution in [1.82, 2.24) is 15.5 Å². The number of halogens is 1. The number of nitrogens with one attached hydrogen (secondary N) is 2. The van der Waals surface area contributed by atoms with E-state index >= 15 is 0 Å². The van der Waals surface area contributed by atoms with Gasteiger partial charge < -0.3 is 20.1 Å². The van der Waals surface area contributed by atoms with Gasteiger partial charge in [-0.3, -0.25) is 9.89 Å². The summed E-state index contributed by atoms with van der Waals surface area (Å²) in [4.78, 5) is 6.77. The van der Waals surface area contributed by atoms with Crippen molar-refractivity contribution in [2.45, 2.75) is 6.54 Å². The summed E-state index contributed by atoms with van der Waals surface area (Å²) in [5.41, 5.74) is 1.14. The van der Waals surface area contributed by atoms with E-state index in [1.807, 2.05) is 30.0 Å². The summed E-state index contributed by atoms with van der Waals surface area (Å²) in [6.07, 6.45) is 0. The van der Waals surface area contributed by atoms with Crippen molar-refractivity contribution in [1.29, 1.82) is 0 Å². The molecule has 134 valence electrons. The minimum atomic E-state index is 0. The Morgan fingerprint density at radius 2 is 2.00 bits per heavy atom. The first-order chi connectivity index (χ1) is 11.3. The molecule has 0 radical (unpaired) electrons. The minimum absolute atomic E-state index is 0. The van der Waals surface area contributed by atoms with Crippen LogP contribution >= 0.6 is 35.7 Å². The van der Waals surface area contributed by atoms with Crippen molar-refractivity contribution in [3.8, 4) is 11.5 Å². The lowest BCUT2D eigenvalue weighted by molar-refractivity contribution is 0.174. The Labute approximate surface area is 164 Å². The molecule has 2 N–H and O–H groups in total. The maximum atomic E-state index is 5.40. The standard InChI is InChI=1S/C16H24N4O2S.HI/c1-17-16(18-4-5-20-6-8-23-9-7-20)19-11-13-2-3-14-15(10-13)22-12-21-14;/h2-3,10H,4-9,11-12H2,1H3,(H2,17,18,19);1H. The largest absolute Gasteiger partial charge is 0.454 e. The Balaban J connectivity index is 0.00000208. The number of nitrogens with zero attached hydrogens (tertiary/aromatic N) is 2. The van der Waals surface area contributed by atoms with Gasteiger partial charge in [0.25, 0.3) is 0 Å². The van der Waals surface area contributed by atoms with Crippen LogP contribution in [0.2, 0.25) is 0 Å². The number of benzene rings is 1. The summed E-state index contributed by atoms with van der Waals surface area (Å²) in [5.74, 6) is 4.95. The van der Waals surface area contributed by atoms with Gasteiger partial charge >= 0.3 is 0 Å². The van der Waals surface area contributed by atoms with Gasteiger partial charge in [-0.2, -0.15) is 11.8 Å². The summed E-state index contributed by atoms with van der Waals surface area (Å²) in [6, 6.07) is 6.00. The molecule has 24 heavy (non-hydrogen) atoms. The van der Waals surface area contributed by atoms with Crippen LogP contribution in [0.3, 0.4) is 0 Å². The highest BCUT2D eigenvalue weighted by Crippen LogP contribution is 2.32. The van der Waals surface area contributed by atoms with Crippen molar-refractivity contribution in [3.05, 3.63) is 23.8 Å². The van der Waals surface area contributed by atoms with Gasteiger partial charge in [0.1, 0.15) is 0 Å². The molecule has 1 aromatic rings. The van der Waals surface area contributed by atoms with Gasteiger partial charge in [0.05, 0.1) is 0 Å². The topological polar surface area (TPSA) is 58.1 Å².